The van der Waals surface area contributed by atoms with Gasteiger partial charge in [-0.05, 0) is 63.1 Å². The van der Waals surface area contributed by atoms with Crippen LogP contribution < -0.4 is 9.80 Å². The number of aryl methyl sites for hydroxylation is 2. The summed E-state index contributed by atoms with van der Waals surface area (Å²) in [5.41, 5.74) is 3.04. The molecule has 3 aromatic rings. The minimum Gasteiger partial charge on any atom is -0.356 e. The zero-order valence-electron chi connectivity index (χ0n) is 20.8. The fourth-order valence-corrected chi connectivity index (χ4v) is 7.26. The standard InChI is InChI=1S/C25H35N7O2S/c1-18-4-9-23(29-19(18)2)31-12-14-32(15-13-31)35(33,34)16-20-5-7-21(8-6-20)30(3)25-22-10-11-26-24(22)27-17-28-25/h4,9-11,17,20-21H,5-8,12-16H2,1-3H3,(H,26,27,28). The first-order chi connectivity index (χ1) is 16.8. The SMILES string of the molecule is Cc1ccc(N2CCN(S(=O)(=O)CC3CCC(N(C)c4ncnc5[nH]ccc45)CC3)CC2)nc1C. The van der Waals surface area contributed by atoms with E-state index in [-0.39, 0.29) is 11.7 Å². The third-order valence-corrected chi connectivity index (χ3v) is 9.81. The molecular formula is C25H35N7O2S. The van der Waals surface area contributed by atoms with E-state index in [2.05, 4.69) is 49.8 Å². The first-order valence-corrected chi connectivity index (χ1v) is 14.1. The van der Waals surface area contributed by atoms with Crippen molar-refractivity contribution in [3.8, 4) is 0 Å². The summed E-state index contributed by atoms with van der Waals surface area (Å²) in [7, 11) is -1.18. The molecule has 0 aromatic carbocycles. The maximum absolute atomic E-state index is 13.2. The van der Waals surface area contributed by atoms with E-state index >= 15 is 0 Å². The summed E-state index contributed by atoms with van der Waals surface area (Å²) in [6.07, 6.45) is 7.26. The first kappa shape index (κ1) is 24.0. The van der Waals surface area contributed by atoms with Gasteiger partial charge in [-0.15, -0.1) is 0 Å². The van der Waals surface area contributed by atoms with Gasteiger partial charge in [0.15, 0.2) is 0 Å². The Balaban J connectivity index is 1.14. The number of pyridine rings is 1. The van der Waals surface area contributed by atoms with Crippen molar-refractivity contribution in [1.29, 1.82) is 0 Å². The predicted molar refractivity (Wildman–Crippen MR) is 139 cm³/mol. The number of aromatic nitrogens is 4. The number of sulfonamides is 1. The average molecular weight is 498 g/mol. The molecule has 0 bridgehead atoms. The fourth-order valence-electron chi connectivity index (χ4n) is 5.40. The molecule has 10 heteroatoms. The molecule has 1 saturated heterocycles. The maximum atomic E-state index is 13.2. The molecule has 9 nitrogen and oxygen atoms in total. The molecule has 2 aliphatic rings. The van der Waals surface area contributed by atoms with Crippen LogP contribution in [-0.4, -0.2) is 77.7 Å². The van der Waals surface area contributed by atoms with Crippen LogP contribution in [0.1, 0.15) is 36.9 Å². The van der Waals surface area contributed by atoms with Gasteiger partial charge in [0.2, 0.25) is 10.0 Å². The van der Waals surface area contributed by atoms with Gasteiger partial charge in [-0.3, -0.25) is 0 Å². The molecule has 0 radical (unpaired) electrons. The quantitative estimate of drug-likeness (QED) is 0.559. The van der Waals surface area contributed by atoms with E-state index in [0.717, 1.165) is 54.0 Å². The van der Waals surface area contributed by atoms with Crippen molar-refractivity contribution in [2.24, 2.45) is 5.92 Å². The second-order valence-electron chi connectivity index (χ2n) is 9.96. The van der Waals surface area contributed by atoms with Crippen molar-refractivity contribution < 1.29 is 8.42 Å². The molecule has 188 valence electrons. The normalized spacial score (nSPS) is 22.0. The Morgan fingerprint density at radius 1 is 1.03 bits per heavy atom. The highest BCUT2D eigenvalue weighted by molar-refractivity contribution is 7.89. The molecular weight excluding hydrogens is 462 g/mol. The van der Waals surface area contributed by atoms with E-state index in [0.29, 0.717) is 32.2 Å². The van der Waals surface area contributed by atoms with E-state index < -0.39 is 10.0 Å². The summed E-state index contributed by atoms with van der Waals surface area (Å²) in [5.74, 6) is 2.33. The van der Waals surface area contributed by atoms with Gasteiger partial charge in [-0.2, -0.15) is 4.31 Å². The monoisotopic (exact) mass is 497 g/mol. The zero-order chi connectivity index (χ0) is 24.6. The number of rotatable bonds is 6. The van der Waals surface area contributed by atoms with Crippen molar-refractivity contribution in [3.05, 3.63) is 42.0 Å². The lowest BCUT2D eigenvalue weighted by atomic mass is 9.86. The van der Waals surface area contributed by atoms with Gasteiger partial charge in [-0.25, -0.2) is 23.4 Å². The summed E-state index contributed by atoms with van der Waals surface area (Å²) in [5, 5.41) is 1.02. The molecule has 0 atom stereocenters. The summed E-state index contributed by atoms with van der Waals surface area (Å²) >= 11 is 0. The summed E-state index contributed by atoms with van der Waals surface area (Å²) in [6.45, 7) is 6.47. The maximum Gasteiger partial charge on any atom is 0.214 e. The fraction of sp³-hybridized carbons (Fsp3) is 0.560. The molecule has 1 N–H and O–H groups in total. The first-order valence-electron chi connectivity index (χ1n) is 12.5. The van der Waals surface area contributed by atoms with E-state index in [1.807, 2.05) is 25.3 Å². The van der Waals surface area contributed by atoms with E-state index in [4.69, 9.17) is 0 Å². The highest BCUT2D eigenvalue weighted by Gasteiger charge is 2.33. The molecule has 1 saturated carbocycles. The lowest BCUT2D eigenvalue weighted by molar-refractivity contribution is 0.329. The van der Waals surface area contributed by atoms with E-state index in [1.54, 1.807) is 10.6 Å². The molecule has 4 heterocycles. The van der Waals surface area contributed by atoms with E-state index in [1.165, 1.54) is 5.56 Å². The van der Waals surface area contributed by atoms with Crippen LogP contribution in [0.4, 0.5) is 11.6 Å². The van der Waals surface area contributed by atoms with Gasteiger partial charge in [0.1, 0.15) is 23.6 Å². The van der Waals surface area contributed by atoms with Crippen molar-refractivity contribution >= 4 is 32.7 Å². The van der Waals surface area contributed by atoms with Crippen LogP contribution >= 0.6 is 0 Å². The summed E-state index contributed by atoms with van der Waals surface area (Å²) in [6, 6.07) is 6.48. The molecule has 0 unspecified atom stereocenters. The van der Waals surface area contributed by atoms with Crippen LogP contribution in [0.25, 0.3) is 11.0 Å². The summed E-state index contributed by atoms with van der Waals surface area (Å²) < 4.78 is 28.1. The molecule has 1 aliphatic carbocycles. The Morgan fingerprint density at radius 2 is 1.77 bits per heavy atom. The molecule has 5 rings (SSSR count). The Kier molecular flexibility index (Phi) is 6.67. The van der Waals surface area contributed by atoms with Gasteiger partial charge in [0.25, 0.3) is 0 Å². The number of H-pyrrole nitrogens is 1. The molecule has 0 amide bonds. The number of nitrogens with zero attached hydrogens (tertiary/aromatic N) is 6. The van der Waals surface area contributed by atoms with Gasteiger partial charge in [-0.1, -0.05) is 6.07 Å². The number of nitrogens with one attached hydrogen (secondary N) is 1. The van der Waals surface area contributed by atoms with Crippen molar-refractivity contribution in [2.45, 2.75) is 45.6 Å². The molecule has 35 heavy (non-hydrogen) atoms. The van der Waals surface area contributed by atoms with Gasteiger partial charge < -0.3 is 14.8 Å². The topological polar surface area (TPSA) is 98.3 Å². The van der Waals surface area contributed by atoms with Crippen LogP contribution in [0, 0.1) is 19.8 Å². The molecule has 2 fully saturated rings. The van der Waals surface area contributed by atoms with Gasteiger partial charge >= 0.3 is 0 Å². The van der Waals surface area contributed by atoms with Crippen molar-refractivity contribution in [3.63, 3.8) is 0 Å². The molecule has 0 spiro atoms. The summed E-state index contributed by atoms with van der Waals surface area (Å²) in [4.78, 5) is 21.0. The van der Waals surface area contributed by atoms with Crippen LogP contribution in [0.3, 0.4) is 0 Å². The number of anilines is 2. The van der Waals surface area contributed by atoms with Crippen molar-refractivity contribution in [1.82, 2.24) is 24.2 Å². The van der Waals surface area contributed by atoms with Gasteiger partial charge in [0.05, 0.1) is 11.1 Å². The highest BCUT2D eigenvalue weighted by atomic mass is 32.2. The van der Waals surface area contributed by atoms with E-state index in [9.17, 15) is 8.42 Å². The Morgan fingerprint density at radius 3 is 2.49 bits per heavy atom. The lowest BCUT2D eigenvalue weighted by Gasteiger charge is -2.37. The second kappa shape index (κ2) is 9.73. The zero-order valence-corrected chi connectivity index (χ0v) is 21.6. The Hall–Kier alpha value is -2.72. The third-order valence-electron chi connectivity index (χ3n) is 7.77. The number of hydrogen-bond acceptors (Lipinski definition) is 7. The largest absolute Gasteiger partial charge is 0.356 e. The number of aromatic amines is 1. The van der Waals surface area contributed by atoms with Gasteiger partial charge in [0, 0.05) is 51.2 Å². The Bertz CT molecular complexity index is 1280. The second-order valence-corrected chi connectivity index (χ2v) is 12.0. The smallest absolute Gasteiger partial charge is 0.214 e. The van der Waals surface area contributed by atoms with Crippen LogP contribution in [0.5, 0.6) is 0 Å². The molecule has 3 aromatic heterocycles. The van der Waals surface area contributed by atoms with Crippen LogP contribution in [0.2, 0.25) is 0 Å². The molecule has 1 aliphatic heterocycles. The van der Waals surface area contributed by atoms with Crippen molar-refractivity contribution in [2.75, 3.05) is 48.8 Å². The number of piperazine rings is 1. The third kappa shape index (κ3) is 4.99. The number of hydrogen-bond donors (Lipinski definition) is 1. The van der Waals surface area contributed by atoms with Crippen LogP contribution in [0.15, 0.2) is 30.7 Å². The Labute approximate surface area is 207 Å². The van der Waals surface area contributed by atoms with Crippen LogP contribution in [-0.2, 0) is 10.0 Å². The minimum absolute atomic E-state index is 0.210. The highest BCUT2D eigenvalue weighted by Crippen LogP contribution is 2.32. The minimum atomic E-state index is -3.27. The lowest BCUT2D eigenvalue weighted by Crippen LogP contribution is -2.50. The average Bonchev–Trinajstić information content (AvgIpc) is 3.35. The number of fused-ring (bicyclic) bond motifs is 1. The predicted octanol–water partition coefficient (Wildman–Crippen LogP) is 3.12.